The van der Waals surface area contributed by atoms with E-state index in [1.807, 2.05) is 38.1 Å². The summed E-state index contributed by atoms with van der Waals surface area (Å²) in [6, 6.07) is 14.2. The average molecular weight is 476 g/mol. The zero-order chi connectivity index (χ0) is 25.2. The molecule has 0 aromatic heterocycles. The molecule has 1 fully saturated rings. The lowest BCUT2D eigenvalue weighted by molar-refractivity contribution is 0.103. The van der Waals surface area contributed by atoms with E-state index in [1.54, 1.807) is 43.3 Å². The number of nitrogens with zero attached hydrogens (tertiary/aromatic N) is 1. The number of likely N-dealkylation sites (tertiary alicyclic amines) is 1. The Kier molecular flexibility index (Phi) is 9.74. The molecule has 0 unspecified atom stereocenters. The number of aliphatic hydroxyl groups excluding tert-OH is 1. The van der Waals surface area contributed by atoms with Crippen molar-refractivity contribution in [1.82, 2.24) is 4.90 Å². The lowest BCUT2D eigenvalue weighted by atomic mass is 9.88. The van der Waals surface area contributed by atoms with Crippen LogP contribution in [0.15, 0.2) is 77.6 Å². The largest absolute Gasteiger partial charge is 0.513 e. The number of ether oxygens (including phenoxy) is 1. The Morgan fingerprint density at radius 3 is 2.17 bits per heavy atom. The molecular weight excluding hydrogens is 438 g/mol. The van der Waals surface area contributed by atoms with Crippen LogP contribution < -0.4 is 4.74 Å². The molecule has 2 N–H and O–H groups in total. The highest BCUT2D eigenvalue weighted by Crippen LogP contribution is 2.30. The van der Waals surface area contributed by atoms with E-state index in [2.05, 4.69) is 4.90 Å². The Bertz CT molecular complexity index is 1070. The molecule has 0 aliphatic carbocycles. The van der Waals surface area contributed by atoms with Gasteiger partial charge in [0, 0.05) is 17.7 Å². The number of aliphatic hydroxyl groups is 1. The van der Waals surface area contributed by atoms with Gasteiger partial charge < -0.3 is 14.9 Å². The molecule has 1 aliphatic heterocycles. The van der Waals surface area contributed by atoms with Gasteiger partial charge in [0.2, 0.25) is 0 Å². The highest BCUT2D eigenvalue weighted by atomic mass is 16.5. The minimum absolute atomic E-state index is 0.0902. The molecule has 2 aromatic rings. The van der Waals surface area contributed by atoms with Crippen LogP contribution in [0.5, 0.6) is 11.5 Å². The van der Waals surface area contributed by atoms with Crippen molar-refractivity contribution in [3.63, 3.8) is 0 Å². The van der Waals surface area contributed by atoms with Crippen molar-refractivity contribution in [2.45, 2.75) is 46.5 Å². The number of piperidine rings is 1. The van der Waals surface area contributed by atoms with E-state index in [-0.39, 0.29) is 17.3 Å². The van der Waals surface area contributed by atoms with Crippen LogP contribution in [0.25, 0.3) is 5.57 Å². The molecule has 0 atom stereocenters. The number of phenols is 1. The smallest absolute Gasteiger partial charge is 0.193 e. The molecule has 2 aromatic carbocycles. The summed E-state index contributed by atoms with van der Waals surface area (Å²) in [7, 11) is 0. The number of aromatic hydroxyl groups is 1. The van der Waals surface area contributed by atoms with Crippen LogP contribution in [0.4, 0.5) is 0 Å². The maximum atomic E-state index is 13.7. The molecule has 186 valence electrons. The van der Waals surface area contributed by atoms with Crippen LogP contribution >= 0.6 is 0 Å². The lowest BCUT2D eigenvalue weighted by Gasteiger charge is -2.26. The number of phenolic OH excluding ortho intramolecular Hbond substituents is 1. The zero-order valence-electron chi connectivity index (χ0n) is 21.1. The van der Waals surface area contributed by atoms with E-state index in [9.17, 15) is 15.0 Å². The molecule has 0 bridgehead atoms. The summed E-state index contributed by atoms with van der Waals surface area (Å²) in [5, 5.41) is 19.4. The van der Waals surface area contributed by atoms with Crippen LogP contribution in [-0.4, -0.2) is 47.1 Å². The quantitative estimate of drug-likeness (QED) is 0.173. The molecule has 0 spiro atoms. The second kappa shape index (κ2) is 13.0. The molecular formula is C30H37NO4. The predicted octanol–water partition coefficient (Wildman–Crippen LogP) is 6.71. The van der Waals surface area contributed by atoms with E-state index in [4.69, 9.17) is 4.74 Å². The molecule has 35 heavy (non-hydrogen) atoms. The van der Waals surface area contributed by atoms with Crippen LogP contribution in [0, 0.1) is 0 Å². The first-order valence-electron chi connectivity index (χ1n) is 12.5. The number of allylic oxidation sites excluding steroid dienone is 6. The Morgan fingerprint density at radius 1 is 0.943 bits per heavy atom. The minimum atomic E-state index is -0.0902. The molecule has 0 amide bonds. The highest BCUT2D eigenvalue weighted by Gasteiger charge is 2.20. The van der Waals surface area contributed by atoms with Crippen LogP contribution in [0.2, 0.25) is 0 Å². The van der Waals surface area contributed by atoms with Gasteiger partial charge >= 0.3 is 0 Å². The summed E-state index contributed by atoms with van der Waals surface area (Å²) < 4.78 is 5.93. The highest BCUT2D eigenvalue weighted by molar-refractivity contribution is 6.16. The second-order valence-electron chi connectivity index (χ2n) is 9.00. The van der Waals surface area contributed by atoms with Gasteiger partial charge in [0.1, 0.15) is 18.1 Å². The Hall–Kier alpha value is -3.31. The predicted molar refractivity (Wildman–Crippen MR) is 142 cm³/mol. The number of hydrogen-bond donors (Lipinski definition) is 2. The Labute approximate surface area is 209 Å². The Morgan fingerprint density at radius 2 is 1.57 bits per heavy atom. The lowest BCUT2D eigenvalue weighted by Crippen LogP contribution is -2.33. The van der Waals surface area contributed by atoms with Gasteiger partial charge in [-0.2, -0.15) is 0 Å². The van der Waals surface area contributed by atoms with Crippen molar-refractivity contribution in [1.29, 1.82) is 0 Å². The third-order valence-corrected chi connectivity index (χ3v) is 6.37. The van der Waals surface area contributed by atoms with Gasteiger partial charge in [0.15, 0.2) is 5.78 Å². The summed E-state index contributed by atoms with van der Waals surface area (Å²) in [4.78, 5) is 16.2. The number of hydrogen-bond acceptors (Lipinski definition) is 5. The van der Waals surface area contributed by atoms with Crippen molar-refractivity contribution >= 4 is 11.4 Å². The minimum Gasteiger partial charge on any atom is -0.513 e. The first-order chi connectivity index (χ1) is 16.9. The molecule has 3 rings (SSSR count). The van der Waals surface area contributed by atoms with Gasteiger partial charge in [0.25, 0.3) is 0 Å². The van der Waals surface area contributed by atoms with Gasteiger partial charge in [-0.3, -0.25) is 9.69 Å². The number of carbonyl (C=O) groups is 1. The fourth-order valence-electron chi connectivity index (χ4n) is 4.33. The first-order valence-corrected chi connectivity index (χ1v) is 12.5. The van der Waals surface area contributed by atoms with Crippen LogP contribution in [0.3, 0.4) is 0 Å². The standard InChI is InChI=1S/C30H37NO4/c1-4-24(9-8-22(2)32)29(23(3)25-10-14-27(33)15-11-25)30(34)26-12-16-28(17-13-26)35-21-20-31-18-6-5-7-19-31/h8-17,32-33H,4-7,18-21H2,1-3H3/b22-8+,24-9+,29-23-. The van der Waals surface area contributed by atoms with Crippen molar-refractivity contribution < 1.29 is 19.7 Å². The Balaban J connectivity index is 1.84. The molecule has 5 heteroatoms. The van der Waals surface area contributed by atoms with E-state index < -0.39 is 0 Å². The fraction of sp³-hybridized carbons (Fsp3) is 0.367. The molecule has 1 heterocycles. The normalized spacial score (nSPS) is 16.1. The molecule has 1 aliphatic rings. The van der Waals surface area contributed by atoms with Gasteiger partial charge in [-0.1, -0.05) is 31.6 Å². The summed E-state index contributed by atoms with van der Waals surface area (Å²) in [5.74, 6) is 1.02. The maximum Gasteiger partial charge on any atom is 0.193 e. The molecule has 0 saturated carbocycles. The summed E-state index contributed by atoms with van der Waals surface area (Å²) in [6.07, 6.45) is 7.87. The molecule has 1 saturated heterocycles. The van der Waals surface area contributed by atoms with Gasteiger partial charge in [-0.05, 0) is 105 Å². The van der Waals surface area contributed by atoms with Crippen molar-refractivity contribution in [2.75, 3.05) is 26.2 Å². The van der Waals surface area contributed by atoms with Gasteiger partial charge in [0.05, 0.1) is 5.76 Å². The number of ketones is 1. The first kappa shape index (κ1) is 26.3. The topological polar surface area (TPSA) is 70.0 Å². The average Bonchev–Trinajstić information content (AvgIpc) is 2.87. The third kappa shape index (κ3) is 7.59. The number of Topliss-reactive ketones (excluding diaryl/α,β-unsaturated/α-hetero) is 1. The monoisotopic (exact) mass is 475 g/mol. The van der Waals surface area contributed by atoms with Gasteiger partial charge in [-0.15, -0.1) is 0 Å². The van der Waals surface area contributed by atoms with Gasteiger partial charge in [-0.25, -0.2) is 0 Å². The van der Waals surface area contributed by atoms with E-state index in [1.165, 1.54) is 19.3 Å². The maximum absolute atomic E-state index is 13.7. The summed E-state index contributed by atoms with van der Waals surface area (Å²) >= 11 is 0. The van der Waals surface area contributed by atoms with E-state index in [0.29, 0.717) is 24.2 Å². The fourth-order valence-corrected chi connectivity index (χ4v) is 4.33. The van der Waals surface area contributed by atoms with E-state index in [0.717, 1.165) is 42.1 Å². The number of benzene rings is 2. The molecule has 5 nitrogen and oxygen atoms in total. The van der Waals surface area contributed by atoms with Crippen LogP contribution in [-0.2, 0) is 0 Å². The van der Waals surface area contributed by atoms with E-state index >= 15 is 0 Å². The third-order valence-electron chi connectivity index (χ3n) is 6.37. The zero-order valence-corrected chi connectivity index (χ0v) is 21.1. The summed E-state index contributed by atoms with van der Waals surface area (Å²) in [6.45, 7) is 9.34. The van der Waals surface area contributed by atoms with Crippen molar-refractivity contribution in [2.24, 2.45) is 0 Å². The molecule has 0 radical (unpaired) electrons. The van der Waals surface area contributed by atoms with Crippen molar-refractivity contribution in [3.05, 3.63) is 88.7 Å². The number of carbonyl (C=O) groups excluding carboxylic acids is 1. The number of rotatable bonds is 10. The van der Waals surface area contributed by atoms with Crippen LogP contribution in [0.1, 0.15) is 62.4 Å². The summed E-state index contributed by atoms with van der Waals surface area (Å²) in [5.41, 5.74) is 3.66. The SMILES string of the molecule is CCC(=C\C=C(/C)O)/C(C(=O)c1ccc(OCCN2CCCCC2)cc1)=C(\C)c1ccc(O)cc1. The second-order valence-corrected chi connectivity index (χ2v) is 9.00. The van der Waals surface area contributed by atoms with Crippen molar-refractivity contribution in [3.8, 4) is 11.5 Å².